The lowest BCUT2D eigenvalue weighted by Crippen LogP contribution is -2.17. The van der Waals surface area contributed by atoms with Crippen molar-refractivity contribution < 1.29 is 19.1 Å². The standard InChI is InChI=1S/C23H25ClN4O4S2/c1-5-11-28-18(12-32-17-9-7-16(24)8-10-17)26-27-23(28)33-13-19(29)25-21-20(22(30)31-6-2)14(3)15(4)34-21/h5,7-10H,1,6,11-13H2,2-4H3,(H,25,29). The first-order valence-electron chi connectivity index (χ1n) is 10.4. The zero-order chi connectivity index (χ0) is 24.7. The highest BCUT2D eigenvalue weighted by molar-refractivity contribution is 7.99. The van der Waals surface area contributed by atoms with E-state index in [1.807, 2.05) is 18.4 Å². The number of nitrogens with zero attached hydrogens (tertiary/aromatic N) is 3. The molecule has 11 heteroatoms. The molecule has 0 unspecified atom stereocenters. The molecule has 0 saturated carbocycles. The fourth-order valence-electron chi connectivity index (χ4n) is 2.98. The summed E-state index contributed by atoms with van der Waals surface area (Å²) < 4.78 is 12.8. The predicted molar refractivity (Wildman–Crippen MR) is 135 cm³/mol. The second-order valence-corrected chi connectivity index (χ2v) is 9.69. The van der Waals surface area contributed by atoms with E-state index >= 15 is 0 Å². The summed E-state index contributed by atoms with van der Waals surface area (Å²) in [5.41, 5.74) is 1.21. The van der Waals surface area contributed by atoms with E-state index in [-0.39, 0.29) is 24.9 Å². The van der Waals surface area contributed by atoms with E-state index in [1.165, 1.54) is 23.1 Å². The Hall–Kier alpha value is -2.82. The van der Waals surface area contributed by atoms with E-state index in [2.05, 4.69) is 22.1 Å². The van der Waals surface area contributed by atoms with Gasteiger partial charge in [0.25, 0.3) is 0 Å². The number of esters is 1. The largest absolute Gasteiger partial charge is 0.486 e. The van der Waals surface area contributed by atoms with Crippen molar-refractivity contribution in [1.29, 1.82) is 0 Å². The number of thiophene rings is 1. The molecule has 1 N–H and O–H groups in total. The maximum atomic E-state index is 12.7. The van der Waals surface area contributed by atoms with Crippen LogP contribution in [0.25, 0.3) is 0 Å². The molecule has 0 fully saturated rings. The fourth-order valence-corrected chi connectivity index (χ4v) is 4.94. The molecule has 0 saturated heterocycles. The van der Waals surface area contributed by atoms with Gasteiger partial charge in [0, 0.05) is 16.4 Å². The Balaban J connectivity index is 1.65. The molecule has 1 aromatic carbocycles. The number of rotatable bonds is 11. The highest BCUT2D eigenvalue weighted by Crippen LogP contribution is 2.33. The smallest absolute Gasteiger partial charge is 0.341 e. The van der Waals surface area contributed by atoms with Gasteiger partial charge in [0.1, 0.15) is 17.4 Å². The zero-order valence-corrected chi connectivity index (χ0v) is 21.5. The average molecular weight is 521 g/mol. The third kappa shape index (κ3) is 6.40. The predicted octanol–water partition coefficient (Wildman–Crippen LogP) is 5.28. The molecule has 3 aromatic rings. The molecule has 2 heterocycles. The van der Waals surface area contributed by atoms with Gasteiger partial charge < -0.3 is 14.8 Å². The van der Waals surface area contributed by atoms with Crippen LogP contribution in [0.5, 0.6) is 5.75 Å². The van der Waals surface area contributed by atoms with Gasteiger partial charge in [0.2, 0.25) is 5.91 Å². The van der Waals surface area contributed by atoms with E-state index in [9.17, 15) is 9.59 Å². The number of nitrogens with one attached hydrogen (secondary N) is 1. The van der Waals surface area contributed by atoms with Crippen LogP contribution in [0.4, 0.5) is 5.00 Å². The highest BCUT2D eigenvalue weighted by Gasteiger charge is 2.22. The van der Waals surface area contributed by atoms with Crippen LogP contribution >= 0.6 is 34.7 Å². The summed E-state index contributed by atoms with van der Waals surface area (Å²) in [6, 6.07) is 7.04. The Labute approximate surface area is 211 Å². The Morgan fingerprint density at radius 2 is 2.00 bits per heavy atom. The van der Waals surface area contributed by atoms with E-state index in [0.29, 0.717) is 38.9 Å². The minimum absolute atomic E-state index is 0.0889. The van der Waals surface area contributed by atoms with Gasteiger partial charge in [-0.3, -0.25) is 9.36 Å². The number of aryl methyl sites for hydroxylation is 1. The van der Waals surface area contributed by atoms with Gasteiger partial charge in [-0.25, -0.2) is 4.79 Å². The van der Waals surface area contributed by atoms with Gasteiger partial charge in [0.05, 0.1) is 17.9 Å². The number of benzene rings is 1. The molecular formula is C23H25ClN4O4S2. The molecule has 3 rings (SSSR count). The van der Waals surface area contributed by atoms with Crippen molar-refractivity contribution in [3.63, 3.8) is 0 Å². The highest BCUT2D eigenvalue weighted by atomic mass is 35.5. The summed E-state index contributed by atoms with van der Waals surface area (Å²) in [5, 5.41) is 12.9. The third-order valence-corrected chi connectivity index (χ3v) is 7.08. The number of allylic oxidation sites excluding steroid dienone is 1. The molecule has 0 spiro atoms. The number of thioether (sulfide) groups is 1. The van der Waals surface area contributed by atoms with Gasteiger partial charge >= 0.3 is 5.97 Å². The number of carbonyl (C=O) groups is 2. The van der Waals surface area contributed by atoms with Crippen LogP contribution in [0, 0.1) is 13.8 Å². The van der Waals surface area contributed by atoms with Crippen molar-refractivity contribution in [3.8, 4) is 5.75 Å². The van der Waals surface area contributed by atoms with Crippen LogP contribution in [0.2, 0.25) is 5.02 Å². The SMILES string of the molecule is C=CCn1c(COc2ccc(Cl)cc2)nnc1SCC(=O)Nc1sc(C)c(C)c1C(=O)OCC. The van der Waals surface area contributed by atoms with Crippen molar-refractivity contribution in [2.24, 2.45) is 0 Å². The molecular weight excluding hydrogens is 496 g/mol. The number of hydrogen-bond donors (Lipinski definition) is 1. The molecule has 180 valence electrons. The molecule has 0 aliphatic heterocycles. The number of amides is 1. The molecule has 34 heavy (non-hydrogen) atoms. The zero-order valence-electron chi connectivity index (χ0n) is 19.1. The molecule has 0 bridgehead atoms. The Kier molecular flexibility index (Phi) is 9.14. The third-order valence-electron chi connectivity index (χ3n) is 4.74. The van der Waals surface area contributed by atoms with Crippen molar-refractivity contribution in [1.82, 2.24) is 14.8 Å². The molecule has 2 aromatic heterocycles. The number of halogens is 1. The number of anilines is 1. The second kappa shape index (κ2) is 12.0. The van der Waals surface area contributed by atoms with E-state index < -0.39 is 5.97 Å². The Morgan fingerprint density at radius 1 is 1.26 bits per heavy atom. The number of ether oxygens (including phenoxy) is 2. The molecule has 8 nitrogen and oxygen atoms in total. The topological polar surface area (TPSA) is 95.3 Å². The second-order valence-electron chi connectivity index (χ2n) is 7.09. The van der Waals surface area contributed by atoms with Gasteiger partial charge in [-0.2, -0.15) is 0 Å². The van der Waals surface area contributed by atoms with Crippen molar-refractivity contribution in [2.75, 3.05) is 17.7 Å². The summed E-state index contributed by atoms with van der Waals surface area (Å²) in [4.78, 5) is 25.9. The summed E-state index contributed by atoms with van der Waals surface area (Å²) >= 11 is 8.50. The average Bonchev–Trinajstić information content (AvgIpc) is 3.31. The molecule has 0 aliphatic carbocycles. The van der Waals surface area contributed by atoms with Crippen LogP contribution in [0.3, 0.4) is 0 Å². The number of carbonyl (C=O) groups excluding carboxylic acids is 2. The van der Waals surface area contributed by atoms with Gasteiger partial charge in [-0.15, -0.1) is 28.1 Å². The first kappa shape index (κ1) is 25.8. The first-order chi connectivity index (χ1) is 16.3. The van der Waals surface area contributed by atoms with Crippen LogP contribution in [0.15, 0.2) is 42.1 Å². The maximum Gasteiger partial charge on any atom is 0.341 e. The quantitative estimate of drug-likeness (QED) is 0.209. The van der Waals surface area contributed by atoms with E-state index in [0.717, 1.165) is 10.4 Å². The van der Waals surface area contributed by atoms with Crippen LogP contribution in [-0.2, 0) is 22.7 Å². The molecule has 0 aliphatic rings. The summed E-state index contributed by atoms with van der Waals surface area (Å²) in [6.45, 7) is 10.2. The Bertz CT molecular complexity index is 1170. The van der Waals surface area contributed by atoms with Crippen molar-refractivity contribution in [2.45, 2.75) is 39.1 Å². The van der Waals surface area contributed by atoms with Crippen molar-refractivity contribution >= 4 is 51.6 Å². The van der Waals surface area contributed by atoms with Crippen LogP contribution < -0.4 is 10.1 Å². The Morgan fingerprint density at radius 3 is 2.68 bits per heavy atom. The first-order valence-corrected chi connectivity index (χ1v) is 12.6. The van der Waals surface area contributed by atoms with Gasteiger partial charge in [0.15, 0.2) is 11.0 Å². The minimum atomic E-state index is -0.441. The van der Waals surface area contributed by atoms with E-state index in [1.54, 1.807) is 37.3 Å². The maximum absolute atomic E-state index is 12.7. The summed E-state index contributed by atoms with van der Waals surface area (Å²) in [7, 11) is 0. The van der Waals surface area contributed by atoms with Crippen LogP contribution in [-0.4, -0.2) is 39.0 Å². The summed E-state index contributed by atoms with van der Waals surface area (Å²) in [6.07, 6.45) is 1.72. The monoisotopic (exact) mass is 520 g/mol. The van der Waals surface area contributed by atoms with Crippen molar-refractivity contribution in [3.05, 3.63) is 63.8 Å². The lowest BCUT2D eigenvalue weighted by molar-refractivity contribution is -0.113. The van der Waals surface area contributed by atoms with Gasteiger partial charge in [-0.1, -0.05) is 29.4 Å². The van der Waals surface area contributed by atoms with E-state index in [4.69, 9.17) is 21.1 Å². The van der Waals surface area contributed by atoms with Gasteiger partial charge in [-0.05, 0) is 50.6 Å². The summed E-state index contributed by atoms with van der Waals surface area (Å²) in [5.74, 6) is 0.648. The van der Waals surface area contributed by atoms with Crippen LogP contribution in [0.1, 0.15) is 33.5 Å². The fraction of sp³-hybridized carbons (Fsp3) is 0.304. The normalized spacial score (nSPS) is 10.7. The lowest BCUT2D eigenvalue weighted by Gasteiger charge is -2.10. The molecule has 0 atom stereocenters. The number of hydrogen-bond acceptors (Lipinski definition) is 8. The minimum Gasteiger partial charge on any atom is -0.486 e. The lowest BCUT2D eigenvalue weighted by atomic mass is 10.1. The molecule has 1 amide bonds. The molecule has 0 radical (unpaired) electrons. The number of aromatic nitrogens is 3.